The monoisotopic (exact) mass is 190 g/mol. The molecule has 0 N–H and O–H groups in total. The molecular formula is C5H6F4O3. The van der Waals surface area contributed by atoms with Gasteiger partial charge >= 0.3 is 18.3 Å². The zero-order valence-electron chi connectivity index (χ0n) is 6.24. The summed E-state index contributed by atoms with van der Waals surface area (Å²) < 4.78 is 49.2. The highest BCUT2D eigenvalue weighted by molar-refractivity contribution is 5.59. The van der Waals surface area contributed by atoms with Crippen molar-refractivity contribution in [3.8, 4) is 0 Å². The van der Waals surface area contributed by atoms with Crippen molar-refractivity contribution in [2.45, 2.75) is 0 Å². The van der Waals surface area contributed by atoms with Crippen LogP contribution >= 0.6 is 0 Å². The molecule has 0 rings (SSSR count). The molecule has 0 aliphatic carbocycles. The molecule has 0 aromatic carbocycles. The van der Waals surface area contributed by atoms with Crippen LogP contribution in [0, 0.1) is 0 Å². The molecular weight excluding hydrogens is 184 g/mol. The average Bonchev–Trinajstić information content (AvgIpc) is 2.04. The van der Waals surface area contributed by atoms with Gasteiger partial charge in [-0.15, -0.1) is 0 Å². The fourth-order valence-electron chi connectivity index (χ4n) is 0.0833. The van der Waals surface area contributed by atoms with E-state index >= 15 is 0 Å². The van der Waals surface area contributed by atoms with Gasteiger partial charge in [-0.3, -0.25) is 0 Å². The Bertz CT molecular complexity index is 144. The molecule has 0 aliphatic heterocycles. The lowest BCUT2D eigenvalue weighted by Gasteiger charge is -1.89. The van der Waals surface area contributed by atoms with Crippen LogP contribution < -0.4 is 0 Å². The van der Waals surface area contributed by atoms with Crippen molar-refractivity contribution in [2.24, 2.45) is 0 Å². The molecule has 0 radical (unpaired) electrons. The van der Waals surface area contributed by atoms with Crippen LogP contribution in [0.5, 0.6) is 0 Å². The van der Waals surface area contributed by atoms with Gasteiger partial charge in [-0.25, -0.2) is 4.79 Å². The molecule has 3 nitrogen and oxygen atoms in total. The Balaban J connectivity index is 0. The van der Waals surface area contributed by atoms with Crippen molar-refractivity contribution in [3.63, 3.8) is 0 Å². The quantitative estimate of drug-likeness (QED) is 0.434. The molecule has 0 heterocycles. The topological polar surface area (TPSA) is 35.5 Å². The minimum Gasteiger partial charge on any atom is -0.438 e. The van der Waals surface area contributed by atoms with E-state index in [0.717, 1.165) is 0 Å². The van der Waals surface area contributed by atoms with E-state index in [1.807, 2.05) is 0 Å². The Morgan fingerprint density at radius 3 is 1.17 bits per heavy atom. The third-order valence-corrected chi connectivity index (χ3v) is 0.476. The lowest BCUT2D eigenvalue weighted by Crippen LogP contribution is -1.97. The van der Waals surface area contributed by atoms with Gasteiger partial charge in [0.25, 0.3) is 0 Å². The van der Waals surface area contributed by atoms with Crippen LogP contribution in [0.3, 0.4) is 0 Å². The Labute approximate surface area is 65.6 Å². The van der Waals surface area contributed by atoms with Gasteiger partial charge in [0.2, 0.25) is 0 Å². The zero-order chi connectivity index (χ0) is 10.1. The first kappa shape index (κ1) is 13.3. The van der Waals surface area contributed by atoms with Crippen LogP contribution in [0.1, 0.15) is 0 Å². The second-order valence-corrected chi connectivity index (χ2v) is 1.18. The number of hydrogen-bond donors (Lipinski definition) is 0. The van der Waals surface area contributed by atoms with E-state index in [4.69, 9.17) is 0 Å². The minimum absolute atomic E-state index is 0.657. The largest absolute Gasteiger partial charge is 0.507 e. The standard InChI is InChI=1S/C3H6O3.C2F4/c1-5-3(4)6-2;3-1(4)2(5)6/h1-2H3;. The highest BCUT2D eigenvalue weighted by atomic mass is 19.3. The lowest BCUT2D eigenvalue weighted by molar-refractivity contribution is 0.0924. The van der Waals surface area contributed by atoms with Crippen LogP contribution in [0.2, 0.25) is 0 Å². The van der Waals surface area contributed by atoms with E-state index in [1.165, 1.54) is 14.2 Å². The highest BCUT2D eigenvalue weighted by Gasteiger charge is 1.98. The molecule has 0 saturated heterocycles. The maximum atomic E-state index is 10.3. The summed E-state index contributed by atoms with van der Waals surface area (Å²) in [5, 5.41) is 0. The van der Waals surface area contributed by atoms with Crippen LogP contribution in [-0.2, 0) is 9.47 Å². The van der Waals surface area contributed by atoms with Gasteiger partial charge in [-0.05, 0) is 0 Å². The molecule has 12 heavy (non-hydrogen) atoms. The smallest absolute Gasteiger partial charge is 0.438 e. The number of hydrogen-bond acceptors (Lipinski definition) is 3. The predicted molar refractivity (Wildman–Crippen MR) is 30.9 cm³/mol. The fourth-order valence-corrected chi connectivity index (χ4v) is 0.0833. The van der Waals surface area contributed by atoms with Gasteiger partial charge < -0.3 is 9.47 Å². The summed E-state index contributed by atoms with van der Waals surface area (Å²) in [5.41, 5.74) is 0. The molecule has 0 aliphatic rings. The number of halogens is 4. The number of ether oxygens (including phenoxy) is 2. The van der Waals surface area contributed by atoms with Gasteiger partial charge in [0.05, 0.1) is 14.2 Å². The molecule has 0 aromatic heterocycles. The van der Waals surface area contributed by atoms with Crippen LogP contribution in [0.15, 0.2) is 12.2 Å². The summed E-state index contributed by atoms with van der Waals surface area (Å²) in [7, 11) is 2.51. The van der Waals surface area contributed by atoms with Crippen molar-refractivity contribution in [2.75, 3.05) is 14.2 Å². The number of carbonyl (C=O) groups excluding carboxylic acids is 1. The van der Waals surface area contributed by atoms with E-state index in [0.29, 0.717) is 0 Å². The molecule has 7 heteroatoms. The van der Waals surface area contributed by atoms with E-state index in [9.17, 15) is 22.4 Å². The molecule has 72 valence electrons. The molecule has 0 amide bonds. The third-order valence-electron chi connectivity index (χ3n) is 0.476. The van der Waals surface area contributed by atoms with Gasteiger partial charge in [0.15, 0.2) is 0 Å². The normalized spacial score (nSPS) is 7.50. The van der Waals surface area contributed by atoms with Gasteiger partial charge in [-0.1, -0.05) is 0 Å². The van der Waals surface area contributed by atoms with Crippen molar-refractivity contribution in [1.29, 1.82) is 0 Å². The molecule has 0 saturated carbocycles. The summed E-state index contributed by atoms with van der Waals surface area (Å²) in [6.45, 7) is 0. The molecule has 0 aromatic rings. The average molecular weight is 190 g/mol. The van der Waals surface area contributed by atoms with Crippen molar-refractivity contribution >= 4 is 6.16 Å². The number of methoxy groups -OCH3 is 2. The molecule has 0 atom stereocenters. The van der Waals surface area contributed by atoms with Crippen molar-refractivity contribution in [1.82, 2.24) is 0 Å². The Kier molecular flexibility index (Phi) is 8.70. The Morgan fingerprint density at radius 1 is 0.917 bits per heavy atom. The third kappa shape index (κ3) is 11.5. The van der Waals surface area contributed by atoms with E-state index in [-0.39, 0.29) is 0 Å². The first-order valence-corrected chi connectivity index (χ1v) is 2.43. The van der Waals surface area contributed by atoms with Crippen LogP contribution in [0.4, 0.5) is 22.4 Å². The zero-order valence-corrected chi connectivity index (χ0v) is 6.24. The van der Waals surface area contributed by atoms with E-state index < -0.39 is 18.3 Å². The van der Waals surface area contributed by atoms with E-state index in [2.05, 4.69) is 9.47 Å². The van der Waals surface area contributed by atoms with Gasteiger partial charge in [0, 0.05) is 0 Å². The van der Waals surface area contributed by atoms with Gasteiger partial charge in [0.1, 0.15) is 0 Å². The maximum Gasteiger partial charge on any atom is 0.507 e. The first-order chi connectivity index (χ1) is 5.45. The van der Waals surface area contributed by atoms with Crippen LogP contribution in [0.25, 0.3) is 0 Å². The second-order valence-electron chi connectivity index (χ2n) is 1.18. The number of rotatable bonds is 0. The van der Waals surface area contributed by atoms with Gasteiger partial charge in [-0.2, -0.15) is 17.6 Å². The summed E-state index contributed by atoms with van der Waals surface area (Å²) in [4.78, 5) is 9.74. The molecule has 0 bridgehead atoms. The first-order valence-electron chi connectivity index (χ1n) is 2.43. The summed E-state index contributed by atoms with van der Waals surface area (Å²) in [5.74, 6) is 0. The number of carbonyl (C=O) groups is 1. The molecule has 0 spiro atoms. The van der Waals surface area contributed by atoms with Crippen molar-refractivity contribution < 1.29 is 31.8 Å². The SMILES string of the molecule is COC(=O)OC.FC(F)=C(F)F. The Hall–Kier alpha value is -1.27. The highest BCUT2D eigenvalue weighted by Crippen LogP contribution is 2.08. The Morgan fingerprint density at radius 2 is 1.17 bits per heavy atom. The molecule has 0 fully saturated rings. The fraction of sp³-hybridized carbons (Fsp3) is 0.400. The summed E-state index contributed by atoms with van der Waals surface area (Å²) in [6.07, 6.45) is -6.47. The molecule has 0 unspecified atom stereocenters. The van der Waals surface area contributed by atoms with E-state index in [1.54, 1.807) is 0 Å². The second kappa shape index (κ2) is 7.83. The lowest BCUT2D eigenvalue weighted by atomic mass is 11.1. The van der Waals surface area contributed by atoms with Crippen LogP contribution in [-0.4, -0.2) is 20.4 Å². The predicted octanol–water partition coefficient (Wildman–Crippen LogP) is 2.39. The minimum atomic E-state index is -2.91. The summed E-state index contributed by atoms with van der Waals surface area (Å²) in [6, 6.07) is 0. The summed E-state index contributed by atoms with van der Waals surface area (Å²) >= 11 is 0. The maximum absolute atomic E-state index is 10.3. The van der Waals surface area contributed by atoms with Crippen molar-refractivity contribution in [3.05, 3.63) is 12.2 Å².